The quantitative estimate of drug-likeness (QED) is 0.819. The Morgan fingerprint density at radius 1 is 1.40 bits per heavy atom. The molecule has 0 spiro atoms. The number of piperidine rings is 1. The number of nitrogens with zero attached hydrogens (tertiary/aromatic N) is 1. The van der Waals surface area contributed by atoms with Crippen molar-refractivity contribution < 1.29 is 4.74 Å². The molecule has 0 aliphatic carbocycles. The van der Waals surface area contributed by atoms with Gasteiger partial charge in [-0.2, -0.15) is 0 Å². The SMILES string of the molecule is c1nc(N[C@@H]2CCCNC2)sc1SCC1CCOCC1. The van der Waals surface area contributed by atoms with Gasteiger partial charge in [-0.25, -0.2) is 4.98 Å². The van der Waals surface area contributed by atoms with E-state index in [9.17, 15) is 0 Å². The standard InChI is InChI=1S/C14H23N3OS2/c1-2-12(8-15-5-1)17-14-16-9-13(20-14)19-10-11-3-6-18-7-4-11/h9,11-12,15H,1-8,10H2,(H,16,17)/t12-/m1/s1. The van der Waals surface area contributed by atoms with Gasteiger partial charge in [0.1, 0.15) is 0 Å². The van der Waals surface area contributed by atoms with Gasteiger partial charge in [-0.15, -0.1) is 11.8 Å². The molecule has 2 fully saturated rings. The Morgan fingerprint density at radius 3 is 3.10 bits per heavy atom. The Kier molecular flexibility index (Phi) is 5.59. The van der Waals surface area contributed by atoms with Crippen LogP contribution in [-0.2, 0) is 4.74 Å². The van der Waals surface area contributed by atoms with Gasteiger partial charge in [-0.1, -0.05) is 11.3 Å². The van der Waals surface area contributed by atoms with Crippen molar-refractivity contribution in [3.63, 3.8) is 0 Å². The van der Waals surface area contributed by atoms with Crippen LogP contribution in [0.5, 0.6) is 0 Å². The van der Waals surface area contributed by atoms with Crippen molar-refractivity contribution in [2.75, 3.05) is 37.4 Å². The number of ether oxygens (including phenoxy) is 1. The molecule has 0 bridgehead atoms. The lowest BCUT2D eigenvalue weighted by atomic mass is 10.0. The van der Waals surface area contributed by atoms with Crippen molar-refractivity contribution in [2.24, 2.45) is 5.92 Å². The molecule has 1 aromatic heterocycles. The Labute approximate surface area is 129 Å². The highest BCUT2D eigenvalue weighted by molar-refractivity contribution is 8.01. The number of rotatable bonds is 5. The number of thioether (sulfide) groups is 1. The molecule has 6 heteroatoms. The summed E-state index contributed by atoms with van der Waals surface area (Å²) >= 11 is 3.75. The number of aromatic nitrogens is 1. The number of anilines is 1. The summed E-state index contributed by atoms with van der Waals surface area (Å²) in [4.78, 5) is 4.51. The average molecular weight is 313 g/mol. The Hall–Kier alpha value is -0.300. The molecule has 0 unspecified atom stereocenters. The summed E-state index contributed by atoms with van der Waals surface area (Å²) in [7, 11) is 0. The summed E-state index contributed by atoms with van der Waals surface area (Å²) < 4.78 is 6.74. The minimum atomic E-state index is 0.545. The van der Waals surface area contributed by atoms with E-state index in [0.29, 0.717) is 6.04 Å². The third kappa shape index (κ3) is 4.35. The van der Waals surface area contributed by atoms with Gasteiger partial charge in [0.2, 0.25) is 0 Å². The fourth-order valence-electron chi connectivity index (χ4n) is 2.66. The van der Waals surface area contributed by atoms with Crippen LogP contribution in [0.2, 0.25) is 0 Å². The van der Waals surface area contributed by atoms with Crippen molar-refractivity contribution in [1.82, 2.24) is 10.3 Å². The summed E-state index contributed by atoms with van der Waals surface area (Å²) in [5, 5.41) is 8.06. The van der Waals surface area contributed by atoms with Crippen molar-refractivity contribution in [2.45, 2.75) is 35.9 Å². The maximum Gasteiger partial charge on any atom is 0.183 e. The Balaban J connectivity index is 1.43. The van der Waals surface area contributed by atoms with Gasteiger partial charge in [0.05, 0.1) is 10.4 Å². The lowest BCUT2D eigenvalue weighted by molar-refractivity contribution is 0.0728. The van der Waals surface area contributed by atoms with Crippen LogP contribution in [-0.4, -0.2) is 43.1 Å². The minimum absolute atomic E-state index is 0.545. The van der Waals surface area contributed by atoms with Gasteiger partial charge >= 0.3 is 0 Å². The second kappa shape index (κ2) is 7.64. The first-order chi connectivity index (χ1) is 9.90. The van der Waals surface area contributed by atoms with E-state index in [2.05, 4.69) is 15.6 Å². The third-order valence-corrected chi connectivity index (χ3v) is 6.27. The zero-order valence-corrected chi connectivity index (χ0v) is 13.4. The van der Waals surface area contributed by atoms with E-state index in [1.165, 1.54) is 35.6 Å². The summed E-state index contributed by atoms with van der Waals surface area (Å²) in [6.45, 7) is 4.09. The minimum Gasteiger partial charge on any atom is -0.381 e. The van der Waals surface area contributed by atoms with Crippen LogP contribution >= 0.6 is 23.1 Å². The van der Waals surface area contributed by atoms with Crippen molar-refractivity contribution in [3.05, 3.63) is 6.20 Å². The van der Waals surface area contributed by atoms with E-state index >= 15 is 0 Å². The highest BCUT2D eigenvalue weighted by Crippen LogP contribution is 2.32. The molecule has 0 amide bonds. The molecule has 3 rings (SSSR count). The molecule has 112 valence electrons. The fraction of sp³-hybridized carbons (Fsp3) is 0.786. The predicted molar refractivity (Wildman–Crippen MR) is 85.9 cm³/mol. The van der Waals surface area contributed by atoms with Crippen LogP contribution < -0.4 is 10.6 Å². The van der Waals surface area contributed by atoms with Crippen molar-refractivity contribution in [3.8, 4) is 0 Å². The first-order valence-corrected chi connectivity index (χ1v) is 9.34. The van der Waals surface area contributed by atoms with Gasteiger partial charge in [-0.05, 0) is 38.1 Å². The highest BCUT2D eigenvalue weighted by atomic mass is 32.2. The molecule has 0 radical (unpaired) electrons. The van der Waals surface area contributed by atoms with Crippen LogP contribution in [0.3, 0.4) is 0 Å². The smallest absolute Gasteiger partial charge is 0.183 e. The second-order valence-electron chi connectivity index (χ2n) is 5.54. The molecule has 2 aliphatic heterocycles. The average Bonchev–Trinajstić information content (AvgIpc) is 2.95. The van der Waals surface area contributed by atoms with Gasteiger partial charge in [0, 0.05) is 31.6 Å². The third-order valence-electron chi connectivity index (χ3n) is 3.91. The van der Waals surface area contributed by atoms with Gasteiger partial charge in [0.25, 0.3) is 0 Å². The molecule has 1 atom stereocenters. The lowest BCUT2D eigenvalue weighted by Crippen LogP contribution is -2.38. The van der Waals surface area contributed by atoms with Gasteiger partial charge in [-0.3, -0.25) is 0 Å². The maximum absolute atomic E-state index is 5.41. The molecular weight excluding hydrogens is 290 g/mol. The van der Waals surface area contributed by atoms with Crippen LogP contribution in [0.15, 0.2) is 10.4 Å². The summed E-state index contributed by atoms with van der Waals surface area (Å²) in [6, 6.07) is 0.545. The van der Waals surface area contributed by atoms with Crippen LogP contribution in [0.4, 0.5) is 5.13 Å². The van der Waals surface area contributed by atoms with E-state index in [1.54, 1.807) is 11.3 Å². The molecular formula is C14H23N3OS2. The second-order valence-corrected chi connectivity index (χ2v) is 7.89. The number of nitrogens with one attached hydrogen (secondary N) is 2. The van der Waals surface area contributed by atoms with Crippen LogP contribution in [0.25, 0.3) is 0 Å². The normalized spacial score (nSPS) is 24.7. The molecule has 20 heavy (non-hydrogen) atoms. The zero-order valence-electron chi connectivity index (χ0n) is 11.8. The molecule has 4 nitrogen and oxygen atoms in total. The Bertz CT molecular complexity index is 401. The number of hydrogen-bond donors (Lipinski definition) is 2. The first kappa shape index (κ1) is 14.6. The van der Waals surface area contributed by atoms with Crippen molar-refractivity contribution in [1.29, 1.82) is 0 Å². The molecule has 2 N–H and O–H groups in total. The first-order valence-electron chi connectivity index (χ1n) is 7.54. The van der Waals surface area contributed by atoms with E-state index in [4.69, 9.17) is 4.74 Å². The van der Waals surface area contributed by atoms with Crippen LogP contribution in [0.1, 0.15) is 25.7 Å². The zero-order chi connectivity index (χ0) is 13.6. The molecule has 0 saturated carbocycles. The van der Waals surface area contributed by atoms with E-state index < -0.39 is 0 Å². The van der Waals surface area contributed by atoms with Crippen molar-refractivity contribution >= 4 is 28.2 Å². The Morgan fingerprint density at radius 2 is 2.30 bits per heavy atom. The highest BCUT2D eigenvalue weighted by Gasteiger charge is 2.16. The van der Waals surface area contributed by atoms with E-state index in [1.807, 2.05) is 18.0 Å². The number of hydrogen-bond acceptors (Lipinski definition) is 6. The molecule has 3 heterocycles. The van der Waals surface area contributed by atoms with Gasteiger partial charge in [0.15, 0.2) is 5.13 Å². The van der Waals surface area contributed by atoms with Crippen LogP contribution in [0, 0.1) is 5.92 Å². The summed E-state index contributed by atoms with van der Waals surface area (Å²) in [6.07, 6.45) is 6.95. The topological polar surface area (TPSA) is 46.2 Å². The van der Waals surface area contributed by atoms with E-state index in [-0.39, 0.29) is 0 Å². The van der Waals surface area contributed by atoms with Gasteiger partial charge < -0.3 is 15.4 Å². The fourth-order valence-corrected chi connectivity index (χ4v) is 4.82. The largest absolute Gasteiger partial charge is 0.381 e. The summed E-state index contributed by atoms with van der Waals surface area (Å²) in [5.74, 6) is 2.02. The molecule has 0 aromatic carbocycles. The predicted octanol–water partition coefficient (Wildman–Crippen LogP) is 2.83. The summed E-state index contributed by atoms with van der Waals surface area (Å²) in [5.41, 5.74) is 0. The molecule has 1 aromatic rings. The molecule has 2 saturated heterocycles. The maximum atomic E-state index is 5.41. The lowest BCUT2D eigenvalue weighted by Gasteiger charge is -2.23. The van der Waals surface area contributed by atoms with E-state index in [0.717, 1.165) is 37.4 Å². The molecule has 2 aliphatic rings. The monoisotopic (exact) mass is 313 g/mol. The number of thiazole rings is 1.